The van der Waals surface area contributed by atoms with Gasteiger partial charge in [-0.1, -0.05) is 68.2 Å². The number of sulfonamides is 1. The minimum atomic E-state index is -3.76. The van der Waals surface area contributed by atoms with E-state index in [0.717, 1.165) is 10.6 Å². The van der Waals surface area contributed by atoms with Gasteiger partial charge in [-0.25, -0.2) is 8.42 Å². The molecule has 0 bridgehead atoms. The Balaban J connectivity index is 2.42. The molecule has 34 heavy (non-hydrogen) atoms. The Morgan fingerprint density at radius 2 is 1.68 bits per heavy atom. The van der Waals surface area contributed by atoms with E-state index < -0.39 is 28.5 Å². The number of benzene rings is 2. The molecule has 2 aromatic carbocycles. The first-order valence-corrected chi connectivity index (χ1v) is 13.6. The van der Waals surface area contributed by atoms with Crippen molar-refractivity contribution < 1.29 is 18.0 Å². The second kappa shape index (κ2) is 12.4. The van der Waals surface area contributed by atoms with Crippen LogP contribution in [0.25, 0.3) is 0 Å². The molecule has 7 nitrogen and oxygen atoms in total. The number of nitrogens with zero attached hydrogens (tertiary/aromatic N) is 2. The highest BCUT2D eigenvalue weighted by Crippen LogP contribution is 2.25. The second-order valence-electron chi connectivity index (χ2n) is 8.44. The summed E-state index contributed by atoms with van der Waals surface area (Å²) in [4.78, 5) is 28.0. The van der Waals surface area contributed by atoms with Crippen molar-refractivity contribution in [3.63, 3.8) is 0 Å². The zero-order valence-electron chi connectivity index (χ0n) is 19.8. The van der Waals surface area contributed by atoms with Crippen LogP contribution in [0.4, 0.5) is 5.69 Å². The first kappa shape index (κ1) is 28.0. The van der Waals surface area contributed by atoms with Crippen LogP contribution in [0.3, 0.4) is 0 Å². The van der Waals surface area contributed by atoms with Crippen LogP contribution in [-0.4, -0.2) is 50.5 Å². The number of amides is 2. The molecule has 0 saturated carbocycles. The van der Waals surface area contributed by atoms with Crippen LogP contribution >= 0.6 is 23.2 Å². The first-order valence-electron chi connectivity index (χ1n) is 11.0. The quantitative estimate of drug-likeness (QED) is 0.470. The van der Waals surface area contributed by atoms with Crippen molar-refractivity contribution in [1.29, 1.82) is 0 Å². The average molecular weight is 529 g/mol. The summed E-state index contributed by atoms with van der Waals surface area (Å²) in [5, 5.41) is 3.58. The number of hydrogen-bond acceptors (Lipinski definition) is 4. The molecule has 1 N–H and O–H groups in total. The molecule has 0 fully saturated rings. The summed E-state index contributed by atoms with van der Waals surface area (Å²) in [6.45, 7) is 5.84. The maximum Gasteiger partial charge on any atom is 0.244 e. The summed E-state index contributed by atoms with van der Waals surface area (Å²) in [6.07, 6.45) is 1.39. The highest BCUT2D eigenvalue weighted by molar-refractivity contribution is 7.92. The molecule has 0 saturated heterocycles. The van der Waals surface area contributed by atoms with E-state index in [2.05, 4.69) is 5.32 Å². The Morgan fingerprint density at radius 1 is 1.03 bits per heavy atom. The molecule has 2 rings (SSSR count). The lowest BCUT2D eigenvalue weighted by Crippen LogP contribution is -2.52. The highest BCUT2D eigenvalue weighted by atomic mass is 35.5. The van der Waals surface area contributed by atoms with Gasteiger partial charge in [0, 0.05) is 13.1 Å². The Morgan fingerprint density at radius 3 is 2.21 bits per heavy atom. The van der Waals surface area contributed by atoms with E-state index in [9.17, 15) is 18.0 Å². The van der Waals surface area contributed by atoms with Crippen LogP contribution < -0.4 is 9.62 Å². The van der Waals surface area contributed by atoms with Gasteiger partial charge in [-0.2, -0.15) is 0 Å². The maximum atomic E-state index is 13.6. The summed E-state index contributed by atoms with van der Waals surface area (Å²) in [5.41, 5.74) is 1.04. The van der Waals surface area contributed by atoms with Gasteiger partial charge in [-0.3, -0.25) is 13.9 Å². The fourth-order valence-electron chi connectivity index (χ4n) is 3.38. The molecule has 0 heterocycles. The Labute approximate surface area is 212 Å². The Bertz CT molecular complexity index is 1090. The average Bonchev–Trinajstić information content (AvgIpc) is 2.77. The molecule has 2 amide bonds. The summed E-state index contributed by atoms with van der Waals surface area (Å²) in [6, 6.07) is 12.6. The number of halogens is 2. The lowest BCUT2D eigenvalue weighted by atomic mass is 10.1. The van der Waals surface area contributed by atoms with E-state index in [1.165, 1.54) is 4.90 Å². The number of carbonyl (C=O) groups is 2. The van der Waals surface area contributed by atoms with Crippen LogP contribution in [0.15, 0.2) is 48.5 Å². The summed E-state index contributed by atoms with van der Waals surface area (Å²) in [5.74, 6) is -0.568. The predicted octanol–water partition coefficient (Wildman–Crippen LogP) is 4.34. The van der Waals surface area contributed by atoms with E-state index in [4.69, 9.17) is 23.2 Å². The molecule has 0 radical (unpaired) electrons. The zero-order valence-corrected chi connectivity index (χ0v) is 22.1. The van der Waals surface area contributed by atoms with Gasteiger partial charge in [-0.05, 0) is 42.2 Å². The van der Waals surface area contributed by atoms with Crippen molar-refractivity contribution >= 4 is 50.7 Å². The smallest absolute Gasteiger partial charge is 0.244 e. The predicted molar refractivity (Wildman–Crippen MR) is 138 cm³/mol. The number of carbonyl (C=O) groups excluding carboxylic acids is 2. The maximum absolute atomic E-state index is 13.6. The number of rotatable bonds is 11. The topological polar surface area (TPSA) is 86.8 Å². The largest absolute Gasteiger partial charge is 0.354 e. The zero-order chi connectivity index (χ0) is 25.5. The molecule has 0 spiro atoms. The van der Waals surface area contributed by atoms with E-state index in [1.54, 1.807) is 55.5 Å². The summed E-state index contributed by atoms with van der Waals surface area (Å²) >= 11 is 12.2. The van der Waals surface area contributed by atoms with Crippen LogP contribution in [0.5, 0.6) is 0 Å². The van der Waals surface area contributed by atoms with Crippen LogP contribution in [-0.2, 0) is 26.2 Å². The van der Waals surface area contributed by atoms with Gasteiger partial charge in [0.25, 0.3) is 0 Å². The standard InChI is InChI=1S/C24H31Cl2N3O4S/c1-5-22(24(31)27-14-17(2)3)28(15-18-11-12-20(25)21(26)13-18)23(30)16-29(34(4,32)33)19-9-7-6-8-10-19/h6-13,17,22H,5,14-16H2,1-4H3,(H,27,31)/t22-/m1/s1. The number of anilines is 1. The number of nitrogens with one attached hydrogen (secondary N) is 1. The first-order chi connectivity index (χ1) is 15.9. The van der Waals surface area contributed by atoms with Gasteiger partial charge in [0.15, 0.2) is 0 Å². The molecule has 0 unspecified atom stereocenters. The van der Waals surface area contributed by atoms with Gasteiger partial charge < -0.3 is 10.2 Å². The van der Waals surface area contributed by atoms with E-state index >= 15 is 0 Å². The van der Waals surface area contributed by atoms with Gasteiger partial charge in [0.05, 0.1) is 22.0 Å². The Kier molecular flexibility index (Phi) is 10.2. The molecule has 10 heteroatoms. The van der Waals surface area contributed by atoms with E-state index in [1.807, 2.05) is 13.8 Å². The van der Waals surface area contributed by atoms with Crippen molar-refractivity contribution in [1.82, 2.24) is 10.2 Å². The van der Waals surface area contributed by atoms with Crippen molar-refractivity contribution in [2.24, 2.45) is 5.92 Å². The van der Waals surface area contributed by atoms with Gasteiger partial charge >= 0.3 is 0 Å². The van der Waals surface area contributed by atoms with Crippen LogP contribution in [0, 0.1) is 5.92 Å². The highest BCUT2D eigenvalue weighted by Gasteiger charge is 2.31. The molecule has 0 aliphatic rings. The molecular formula is C24H31Cl2N3O4S. The third-order valence-corrected chi connectivity index (χ3v) is 7.01. The minimum Gasteiger partial charge on any atom is -0.354 e. The van der Waals surface area contributed by atoms with Crippen LogP contribution in [0.1, 0.15) is 32.8 Å². The molecule has 1 atom stereocenters. The van der Waals surface area contributed by atoms with Crippen molar-refractivity contribution in [2.45, 2.75) is 39.8 Å². The number of para-hydroxylation sites is 1. The fourth-order valence-corrected chi connectivity index (χ4v) is 4.55. The van der Waals surface area contributed by atoms with Gasteiger partial charge in [-0.15, -0.1) is 0 Å². The van der Waals surface area contributed by atoms with E-state index in [-0.39, 0.29) is 18.4 Å². The molecular weight excluding hydrogens is 497 g/mol. The van der Waals surface area contributed by atoms with Crippen molar-refractivity contribution in [3.05, 3.63) is 64.1 Å². The van der Waals surface area contributed by atoms with Crippen molar-refractivity contribution in [2.75, 3.05) is 23.7 Å². The molecule has 186 valence electrons. The van der Waals surface area contributed by atoms with Gasteiger partial charge in [0.1, 0.15) is 12.6 Å². The lowest BCUT2D eigenvalue weighted by molar-refractivity contribution is -0.140. The summed E-state index contributed by atoms with van der Waals surface area (Å²) in [7, 11) is -3.76. The minimum absolute atomic E-state index is 0.0652. The number of hydrogen-bond donors (Lipinski definition) is 1. The fraction of sp³-hybridized carbons (Fsp3) is 0.417. The molecule has 0 aliphatic carbocycles. The Hall–Kier alpha value is -2.29. The van der Waals surface area contributed by atoms with Crippen molar-refractivity contribution in [3.8, 4) is 0 Å². The third kappa shape index (κ3) is 7.89. The molecule has 0 aromatic heterocycles. The summed E-state index contributed by atoms with van der Waals surface area (Å²) < 4.78 is 26.1. The normalized spacial score (nSPS) is 12.3. The van der Waals surface area contributed by atoms with Gasteiger partial charge in [0.2, 0.25) is 21.8 Å². The van der Waals surface area contributed by atoms with E-state index in [0.29, 0.717) is 34.3 Å². The molecule has 2 aromatic rings. The third-order valence-electron chi connectivity index (χ3n) is 5.13. The second-order valence-corrected chi connectivity index (χ2v) is 11.2. The monoisotopic (exact) mass is 527 g/mol. The van der Waals surface area contributed by atoms with Crippen LogP contribution in [0.2, 0.25) is 10.0 Å². The lowest BCUT2D eigenvalue weighted by Gasteiger charge is -2.33. The SMILES string of the molecule is CC[C@H](C(=O)NCC(C)C)N(Cc1ccc(Cl)c(Cl)c1)C(=O)CN(c1ccccc1)S(C)(=O)=O. The molecule has 0 aliphatic heterocycles.